The number of hydrogen-bond donors (Lipinski definition) is 0. The molecule has 1 atom stereocenters. The first-order valence-electron chi connectivity index (χ1n) is 11.1. The quantitative estimate of drug-likeness (QED) is 0.323. The number of rotatable bonds is 6. The summed E-state index contributed by atoms with van der Waals surface area (Å²) in [6.07, 6.45) is 2.75. The van der Waals surface area contributed by atoms with Crippen LogP contribution in [0.5, 0.6) is 0 Å². The SMILES string of the molecule is CCc1cccc2sc(N(CC3CCCO3)C(=O)c3c(-c4ccccc4Cl)noc3C)nc12. The van der Waals surface area contributed by atoms with E-state index >= 15 is 0 Å². The van der Waals surface area contributed by atoms with Crippen LogP contribution in [0.15, 0.2) is 47.0 Å². The highest BCUT2D eigenvalue weighted by Crippen LogP contribution is 2.36. The van der Waals surface area contributed by atoms with Crippen molar-refractivity contribution in [2.75, 3.05) is 18.1 Å². The number of halogens is 1. The molecule has 0 bridgehead atoms. The Morgan fingerprint density at radius 3 is 2.85 bits per heavy atom. The Labute approximate surface area is 201 Å². The summed E-state index contributed by atoms with van der Waals surface area (Å²) in [6, 6.07) is 13.5. The van der Waals surface area contributed by atoms with Gasteiger partial charge in [-0.25, -0.2) is 4.98 Å². The summed E-state index contributed by atoms with van der Waals surface area (Å²) in [7, 11) is 0. The Balaban J connectivity index is 1.61. The lowest BCUT2D eigenvalue weighted by molar-refractivity contribution is 0.0916. The maximum Gasteiger partial charge on any atom is 0.266 e. The number of hydrogen-bond acceptors (Lipinski definition) is 6. The van der Waals surface area contributed by atoms with E-state index in [1.54, 1.807) is 17.9 Å². The monoisotopic (exact) mass is 481 g/mol. The van der Waals surface area contributed by atoms with Gasteiger partial charge in [0, 0.05) is 12.2 Å². The van der Waals surface area contributed by atoms with Gasteiger partial charge in [-0.3, -0.25) is 9.69 Å². The van der Waals surface area contributed by atoms with Crippen molar-refractivity contribution >= 4 is 44.2 Å². The summed E-state index contributed by atoms with van der Waals surface area (Å²) in [5.41, 5.74) is 3.61. The van der Waals surface area contributed by atoms with Gasteiger partial charge in [0.15, 0.2) is 5.13 Å². The van der Waals surface area contributed by atoms with Crippen LogP contribution >= 0.6 is 22.9 Å². The summed E-state index contributed by atoms with van der Waals surface area (Å²) in [6.45, 7) is 4.99. The van der Waals surface area contributed by atoms with E-state index in [1.165, 1.54) is 11.3 Å². The van der Waals surface area contributed by atoms with Crippen molar-refractivity contribution in [3.05, 3.63) is 64.4 Å². The molecule has 0 radical (unpaired) electrons. The minimum Gasteiger partial charge on any atom is -0.376 e. The standard InChI is InChI=1S/C25H24ClN3O3S/c1-3-16-8-6-12-20-22(16)27-25(33-20)29(14-17-9-7-13-31-17)24(30)21-15(2)32-28-23(21)18-10-4-5-11-19(18)26/h4-6,8,10-12,17H,3,7,9,13-14H2,1-2H3. The highest BCUT2D eigenvalue weighted by atomic mass is 35.5. The average Bonchev–Trinajstić information content (AvgIpc) is 3.56. The fraction of sp³-hybridized carbons (Fsp3) is 0.320. The summed E-state index contributed by atoms with van der Waals surface area (Å²) in [5, 5.41) is 5.35. The number of carbonyl (C=O) groups is 1. The first kappa shape index (κ1) is 22.1. The van der Waals surface area contributed by atoms with Crippen LogP contribution in [0, 0.1) is 6.92 Å². The topological polar surface area (TPSA) is 68.5 Å². The van der Waals surface area contributed by atoms with Crippen LogP contribution in [0.25, 0.3) is 21.5 Å². The van der Waals surface area contributed by atoms with Gasteiger partial charge in [0.2, 0.25) is 0 Å². The molecule has 0 saturated carbocycles. The third-order valence-electron chi connectivity index (χ3n) is 5.96. The summed E-state index contributed by atoms with van der Waals surface area (Å²) < 4.78 is 12.4. The molecule has 1 amide bonds. The summed E-state index contributed by atoms with van der Waals surface area (Å²) in [4.78, 5) is 20.7. The molecule has 3 heterocycles. The first-order chi connectivity index (χ1) is 16.1. The van der Waals surface area contributed by atoms with Crippen LogP contribution in [0.3, 0.4) is 0 Å². The predicted octanol–water partition coefficient (Wildman–Crippen LogP) is 6.30. The fourth-order valence-corrected chi connectivity index (χ4v) is 5.48. The van der Waals surface area contributed by atoms with Crippen LogP contribution < -0.4 is 4.90 Å². The molecule has 1 saturated heterocycles. The zero-order valence-electron chi connectivity index (χ0n) is 18.5. The summed E-state index contributed by atoms with van der Waals surface area (Å²) in [5.74, 6) is 0.235. The molecule has 2 aromatic carbocycles. The third kappa shape index (κ3) is 4.16. The van der Waals surface area contributed by atoms with Gasteiger partial charge in [-0.1, -0.05) is 65.3 Å². The molecule has 6 nitrogen and oxygen atoms in total. The molecule has 1 unspecified atom stereocenters. The molecule has 1 aliphatic rings. The van der Waals surface area contributed by atoms with Crippen molar-refractivity contribution in [1.29, 1.82) is 0 Å². The molecule has 0 aliphatic carbocycles. The molecule has 8 heteroatoms. The van der Waals surface area contributed by atoms with Gasteiger partial charge in [-0.05, 0) is 43.9 Å². The number of aryl methyl sites for hydroxylation is 2. The number of benzene rings is 2. The number of amides is 1. The number of ether oxygens (including phenoxy) is 1. The maximum absolute atomic E-state index is 14.0. The minimum atomic E-state index is -0.212. The molecule has 0 spiro atoms. The van der Waals surface area contributed by atoms with Crippen LogP contribution in [-0.4, -0.2) is 35.3 Å². The predicted molar refractivity (Wildman–Crippen MR) is 131 cm³/mol. The number of fused-ring (bicyclic) bond motifs is 1. The van der Waals surface area contributed by atoms with Gasteiger partial charge in [0.05, 0.1) is 27.9 Å². The molecule has 170 valence electrons. The molecule has 2 aromatic heterocycles. The Morgan fingerprint density at radius 2 is 2.09 bits per heavy atom. The second kappa shape index (κ2) is 9.25. The van der Waals surface area contributed by atoms with E-state index in [0.29, 0.717) is 45.9 Å². The molecule has 1 aliphatic heterocycles. The second-order valence-corrected chi connectivity index (χ2v) is 9.52. The van der Waals surface area contributed by atoms with E-state index in [2.05, 4.69) is 18.1 Å². The van der Waals surface area contributed by atoms with E-state index in [4.69, 9.17) is 25.8 Å². The van der Waals surface area contributed by atoms with Gasteiger partial charge in [-0.2, -0.15) is 0 Å². The molecule has 5 rings (SSSR count). The minimum absolute atomic E-state index is 0.0319. The van der Waals surface area contributed by atoms with Crippen molar-refractivity contribution in [2.45, 2.75) is 39.2 Å². The number of para-hydroxylation sites is 1. The van der Waals surface area contributed by atoms with E-state index in [1.807, 2.05) is 30.3 Å². The van der Waals surface area contributed by atoms with Crippen molar-refractivity contribution in [1.82, 2.24) is 10.1 Å². The van der Waals surface area contributed by atoms with Crippen LogP contribution in [0.4, 0.5) is 5.13 Å². The van der Waals surface area contributed by atoms with E-state index in [0.717, 1.165) is 35.0 Å². The highest BCUT2D eigenvalue weighted by molar-refractivity contribution is 7.22. The highest BCUT2D eigenvalue weighted by Gasteiger charge is 2.32. The van der Waals surface area contributed by atoms with Crippen molar-refractivity contribution in [3.63, 3.8) is 0 Å². The smallest absolute Gasteiger partial charge is 0.266 e. The number of carbonyl (C=O) groups excluding carboxylic acids is 1. The Hall–Kier alpha value is -2.74. The van der Waals surface area contributed by atoms with Crippen LogP contribution in [0.1, 0.15) is 41.4 Å². The van der Waals surface area contributed by atoms with Crippen molar-refractivity contribution in [2.24, 2.45) is 0 Å². The average molecular weight is 482 g/mol. The third-order valence-corrected chi connectivity index (χ3v) is 7.34. The van der Waals surface area contributed by atoms with Gasteiger partial charge >= 0.3 is 0 Å². The number of nitrogens with zero attached hydrogens (tertiary/aromatic N) is 3. The lowest BCUT2D eigenvalue weighted by Gasteiger charge is -2.23. The van der Waals surface area contributed by atoms with Crippen molar-refractivity contribution in [3.8, 4) is 11.3 Å². The van der Waals surface area contributed by atoms with Crippen molar-refractivity contribution < 1.29 is 14.1 Å². The van der Waals surface area contributed by atoms with Crippen LogP contribution in [-0.2, 0) is 11.2 Å². The zero-order chi connectivity index (χ0) is 22.9. The van der Waals surface area contributed by atoms with E-state index in [9.17, 15) is 4.79 Å². The Bertz CT molecular complexity index is 1310. The zero-order valence-corrected chi connectivity index (χ0v) is 20.1. The molecule has 0 N–H and O–H groups in total. The van der Waals surface area contributed by atoms with Gasteiger partial charge in [0.25, 0.3) is 5.91 Å². The first-order valence-corrected chi connectivity index (χ1v) is 12.3. The molecular formula is C25H24ClN3O3S. The molecule has 4 aromatic rings. The molecule has 1 fully saturated rings. The van der Waals surface area contributed by atoms with E-state index < -0.39 is 0 Å². The lowest BCUT2D eigenvalue weighted by atomic mass is 10.0. The second-order valence-electron chi connectivity index (χ2n) is 8.11. The summed E-state index contributed by atoms with van der Waals surface area (Å²) >= 11 is 7.94. The maximum atomic E-state index is 14.0. The van der Waals surface area contributed by atoms with Gasteiger partial charge in [0.1, 0.15) is 17.0 Å². The normalized spacial score (nSPS) is 15.9. The Kier molecular flexibility index (Phi) is 6.19. The lowest BCUT2D eigenvalue weighted by Crippen LogP contribution is -2.37. The molecule has 33 heavy (non-hydrogen) atoms. The van der Waals surface area contributed by atoms with Crippen LogP contribution in [0.2, 0.25) is 5.02 Å². The fourth-order valence-electron chi connectivity index (χ4n) is 4.23. The Morgan fingerprint density at radius 1 is 1.24 bits per heavy atom. The number of anilines is 1. The van der Waals surface area contributed by atoms with Gasteiger partial charge < -0.3 is 9.26 Å². The number of aromatic nitrogens is 2. The van der Waals surface area contributed by atoms with Gasteiger partial charge in [-0.15, -0.1) is 0 Å². The largest absolute Gasteiger partial charge is 0.376 e. The number of thiazole rings is 1. The van der Waals surface area contributed by atoms with E-state index in [-0.39, 0.29) is 12.0 Å². The molecular weight excluding hydrogens is 458 g/mol.